The maximum absolute atomic E-state index is 13.3. The van der Waals surface area contributed by atoms with Crippen LogP contribution in [0.3, 0.4) is 0 Å². The third kappa shape index (κ3) is 2.46. The number of aromatic nitrogens is 2. The molecule has 0 aliphatic rings. The summed E-state index contributed by atoms with van der Waals surface area (Å²) in [6.45, 7) is 1.98. The van der Waals surface area contributed by atoms with Gasteiger partial charge in [0.05, 0.1) is 11.1 Å². The van der Waals surface area contributed by atoms with Crippen molar-refractivity contribution in [2.45, 2.75) is 13.0 Å². The summed E-state index contributed by atoms with van der Waals surface area (Å²) in [7, 11) is 1.85. The summed E-state index contributed by atoms with van der Waals surface area (Å²) >= 11 is 7.30. The van der Waals surface area contributed by atoms with Gasteiger partial charge < -0.3 is 5.32 Å². The van der Waals surface area contributed by atoms with E-state index in [1.165, 1.54) is 17.4 Å². The summed E-state index contributed by atoms with van der Waals surface area (Å²) in [6.07, 6.45) is 0. The Labute approximate surface area is 108 Å². The molecule has 1 aromatic heterocycles. The molecule has 1 heterocycles. The maximum Gasteiger partial charge on any atom is 0.149 e. The highest BCUT2D eigenvalue weighted by Gasteiger charge is 2.15. The van der Waals surface area contributed by atoms with E-state index in [1.54, 1.807) is 12.1 Å². The van der Waals surface area contributed by atoms with Crippen molar-refractivity contribution in [3.8, 4) is 10.6 Å². The minimum Gasteiger partial charge on any atom is -0.311 e. The standard InChI is InChI=1S/C11H11ClFN3S/c1-6(14-2)10-15-16-11(17-10)7-4-3-5-8(13)9(7)12/h3-6,14H,1-2H3. The molecule has 3 nitrogen and oxygen atoms in total. The van der Waals surface area contributed by atoms with Gasteiger partial charge in [-0.15, -0.1) is 10.2 Å². The highest BCUT2D eigenvalue weighted by atomic mass is 35.5. The zero-order valence-electron chi connectivity index (χ0n) is 9.37. The summed E-state index contributed by atoms with van der Waals surface area (Å²) in [4.78, 5) is 0. The van der Waals surface area contributed by atoms with E-state index in [0.717, 1.165) is 5.01 Å². The van der Waals surface area contributed by atoms with Crippen LogP contribution in [0.15, 0.2) is 18.2 Å². The molecule has 0 aliphatic carbocycles. The number of hydrogen-bond donors (Lipinski definition) is 1. The molecule has 90 valence electrons. The van der Waals surface area contributed by atoms with Gasteiger partial charge in [0.25, 0.3) is 0 Å². The fourth-order valence-corrected chi connectivity index (χ4v) is 2.52. The van der Waals surface area contributed by atoms with Gasteiger partial charge in [-0.2, -0.15) is 0 Å². The predicted molar refractivity (Wildman–Crippen MR) is 67.8 cm³/mol. The van der Waals surface area contributed by atoms with Gasteiger partial charge >= 0.3 is 0 Å². The zero-order chi connectivity index (χ0) is 12.4. The molecule has 0 saturated carbocycles. The SMILES string of the molecule is CNC(C)c1nnc(-c2cccc(F)c2Cl)s1. The smallest absolute Gasteiger partial charge is 0.149 e. The Morgan fingerprint density at radius 1 is 1.41 bits per heavy atom. The molecular weight excluding hydrogens is 261 g/mol. The first-order chi connectivity index (χ1) is 8.13. The molecule has 1 N–H and O–H groups in total. The molecule has 0 bridgehead atoms. The number of nitrogens with one attached hydrogen (secondary N) is 1. The second kappa shape index (κ2) is 5.08. The summed E-state index contributed by atoms with van der Waals surface area (Å²) in [5, 5.41) is 12.7. The average Bonchev–Trinajstić information content (AvgIpc) is 2.81. The van der Waals surface area contributed by atoms with Crippen LogP contribution in [0.4, 0.5) is 4.39 Å². The summed E-state index contributed by atoms with van der Waals surface area (Å²) in [6, 6.07) is 4.79. The Bertz CT molecular complexity index is 529. The van der Waals surface area contributed by atoms with Crippen LogP contribution < -0.4 is 5.32 Å². The fourth-order valence-electron chi connectivity index (χ4n) is 1.31. The Balaban J connectivity index is 2.40. The van der Waals surface area contributed by atoms with Crippen molar-refractivity contribution < 1.29 is 4.39 Å². The van der Waals surface area contributed by atoms with Crippen LogP contribution in [0.1, 0.15) is 18.0 Å². The van der Waals surface area contributed by atoms with Gasteiger partial charge in [0, 0.05) is 5.56 Å². The van der Waals surface area contributed by atoms with Crippen LogP contribution in [0, 0.1) is 5.82 Å². The molecule has 0 saturated heterocycles. The van der Waals surface area contributed by atoms with Crippen molar-refractivity contribution in [3.63, 3.8) is 0 Å². The minimum absolute atomic E-state index is 0.0901. The molecule has 0 aliphatic heterocycles. The van der Waals surface area contributed by atoms with Crippen LogP contribution in [-0.2, 0) is 0 Å². The first kappa shape index (κ1) is 12.4. The van der Waals surface area contributed by atoms with E-state index in [4.69, 9.17) is 11.6 Å². The number of halogens is 2. The van der Waals surface area contributed by atoms with Gasteiger partial charge in [0.1, 0.15) is 15.8 Å². The summed E-state index contributed by atoms with van der Waals surface area (Å²) < 4.78 is 13.3. The van der Waals surface area contributed by atoms with Gasteiger partial charge in [0.15, 0.2) is 0 Å². The van der Waals surface area contributed by atoms with Crippen LogP contribution >= 0.6 is 22.9 Å². The third-order valence-corrected chi connectivity index (χ3v) is 3.95. The lowest BCUT2D eigenvalue weighted by Gasteiger charge is -2.03. The molecule has 0 radical (unpaired) electrons. The van der Waals surface area contributed by atoms with Crippen LogP contribution in [0.5, 0.6) is 0 Å². The number of benzene rings is 1. The molecule has 6 heteroatoms. The van der Waals surface area contributed by atoms with Gasteiger partial charge in [-0.05, 0) is 20.0 Å². The van der Waals surface area contributed by atoms with Crippen LogP contribution in [0.25, 0.3) is 10.6 Å². The maximum atomic E-state index is 13.3. The lowest BCUT2D eigenvalue weighted by Crippen LogP contribution is -2.11. The highest BCUT2D eigenvalue weighted by Crippen LogP contribution is 2.33. The summed E-state index contributed by atoms with van der Waals surface area (Å²) in [5.74, 6) is -0.442. The molecule has 2 rings (SSSR count). The summed E-state index contributed by atoms with van der Waals surface area (Å²) in [5.41, 5.74) is 0.582. The highest BCUT2D eigenvalue weighted by molar-refractivity contribution is 7.14. The van der Waals surface area contributed by atoms with E-state index >= 15 is 0 Å². The van der Waals surface area contributed by atoms with Crippen molar-refractivity contribution in [2.75, 3.05) is 7.05 Å². The molecular formula is C11H11ClFN3S. The van der Waals surface area contributed by atoms with Crippen molar-refractivity contribution in [1.29, 1.82) is 0 Å². The monoisotopic (exact) mass is 271 g/mol. The van der Waals surface area contributed by atoms with Crippen molar-refractivity contribution in [1.82, 2.24) is 15.5 Å². The van der Waals surface area contributed by atoms with E-state index in [0.29, 0.717) is 10.6 Å². The largest absolute Gasteiger partial charge is 0.311 e. The Morgan fingerprint density at radius 2 is 2.18 bits per heavy atom. The number of nitrogens with zero attached hydrogens (tertiary/aromatic N) is 2. The molecule has 0 spiro atoms. The van der Waals surface area contributed by atoms with E-state index in [1.807, 2.05) is 14.0 Å². The van der Waals surface area contributed by atoms with E-state index in [-0.39, 0.29) is 11.1 Å². The third-order valence-electron chi connectivity index (χ3n) is 2.43. The van der Waals surface area contributed by atoms with Gasteiger partial charge in [-0.25, -0.2) is 4.39 Å². The molecule has 17 heavy (non-hydrogen) atoms. The normalized spacial score (nSPS) is 12.7. The molecule has 1 aromatic carbocycles. The lowest BCUT2D eigenvalue weighted by atomic mass is 10.2. The number of rotatable bonds is 3. The van der Waals surface area contributed by atoms with Crippen molar-refractivity contribution in [2.24, 2.45) is 0 Å². The zero-order valence-corrected chi connectivity index (χ0v) is 10.9. The molecule has 0 amide bonds. The Morgan fingerprint density at radius 3 is 2.88 bits per heavy atom. The Kier molecular flexibility index (Phi) is 3.71. The van der Waals surface area contributed by atoms with Gasteiger partial charge in [-0.1, -0.05) is 35.1 Å². The second-order valence-electron chi connectivity index (χ2n) is 3.56. The minimum atomic E-state index is -0.442. The molecule has 0 fully saturated rings. The number of hydrogen-bond acceptors (Lipinski definition) is 4. The first-order valence-corrected chi connectivity index (χ1v) is 6.28. The topological polar surface area (TPSA) is 37.8 Å². The molecule has 1 unspecified atom stereocenters. The Hall–Kier alpha value is -1.04. The van der Waals surface area contributed by atoms with E-state index < -0.39 is 5.82 Å². The van der Waals surface area contributed by atoms with Gasteiger partial charge in [-0.3, -0.25) is 0 Å². The van der Waals surface area contributed by atoms with Crippen LogP contribution in [-0.4, -0.2) is 17.2 Å². The fraction of sp³-hybridized carbons (Fsp3) is 0.273. The second-order valence-corrected chi connectivity index (χ2v) is 4.94. The lowest BCUT2D eigenvalue weighted by molar-refractivity contribution is 0.628. The predicted octanol–water partition coefficient (Wildman–Crippen LogP) is 3.28. The van der Waals surface area contributed by atoms with Crippen molar-refractivity contribution in [3.05, 3.63) is 34.0 Å². The van der Waals surface area contributed by atoms with E-state index in [2.05, 4.69) is 15.5 Å². The van der Waals surface area contributed by atoms with E-state index in [9.17, 15) is 4.39 Å². The first-order valence-electron chi connectivity index (χ1n) is 5.08. The van der Waals surface area contributed by atoms with Gasteiger partial charge in [0.2, 0.25) is 0 Å². The molecule has 2 aromatic rings. The molecule has 1 atom stereocenters. The quantitative estimate of drug-likeness (QED) is 0.931. The average molecular weight is 272 g/mol. The van der Waals surface area contributed by atoms with Crippen LogP contribution in [0.2, 0.25) is 5.02 Å². The van der Waals surface area contributed by atoms with Crippen molar-refractivity contribution >= 4 is 22.9 Å².